The van der Waals surface area contributed by atoms with E-state index in [1.54, 1.807) is 0 Å². The van der Waals surface area contributed by atoms with Gasteiger partial charge in [0.1, 0.15) is 0 Å². The van der Waals surface area contributed by atoms with Gasteiger partial charge in [0.15, 0.2) is 0 Å². The standard InChI is InChI=1S/C15H27NO/c1-5-10-15(3,4)13-8-7-11-16(12-9-13)14(17)6-2/h6,13H,2,5,7-12H2,1,3-4H3. The molecular formula is C15H27NO. The quantitative estimate of drug-likeness (QED) is 0.684. The first-order valence-electron chi connectivity index (χ1n) is 6.92. The van der Waals surface area contributed by atoms with Gasteiger partial charge in [-0.3, -0.25) is 4.79 Å². The van der Waals surface area contributed by atoms with Crippen molar-refractivity contribution < 1.29 is 4.79 Å². The maximum atomic E-state index is 11.6. The highest BCUT2D eigenvalue weighted by Crippen LogP contribution is 2.38. The first kappa shape index (κ1) is 14.3. The molecule has 1 amide bonds. The molecule has 0 aromatic heterocycles. The van der Waals surface area contributed by atoms with Gasteiger partial charge in [-0.1, -0.05) is 33.8 Å². The highest BCUT2D eigenvalue weighted by molar-refractivity contribution is 5.86. The lowest BCUT2D eigenvalue weighted by atomic mass is 9.72. The summed E-state index contributed by atoms with van der Waals surface area (Å²) in [4.78, 5) is 13.6. The van der Waals surface area contributed by atoms with E-state index in [-0.39, 0.29) is 5.91 Å². The lowest BCUT2D eigenvalue weighted by Gasteiger charge is -2.33. The van der Waals surface area contributed by atoms with E-state index in [1.165, 1.54) is 25.3 Å². The van der Waals surface area contributed by atoms with Gasteiger partial charge in [0.05, 0.1) is 0 Å². The number of hydrogen-bond acceptors (Lipinski definition) is 1. The molecule has 1 unspecified atom stereocenters. The molecule has 1 fully saturated rings. The third-order valence-corrected chi connectivity index (χ3v) is 4.21. The zero-order valence-corrected chi connectivity index (χ0v) is 11.7. The van der Waals surface area contributed by atoms with Crippen molar-refractivity contribution >= 4 is 5.91 Å². The predicted octanol–water partition coefficient (Wildman–Crippen LogP) is 3.63. The summed E-state index contributed by atoms with van der Waals surface area (Å²) < 4.78 is 0. The van der Waals surface area contributed by atoms with E-state index in [4.69, 9.17) is 0 Å². The van der Waals surface area contributed by atoms with Crippen molar-refractivity contribution in [1.29, 1.82) is 0 Å². The Bertz CT molecular complexity index is 270. The Balaban J connectivity index is 2.58. The Morgan fingerprint density at radius 2 is 2.12 bits per heavy atom. The van der Waals surface area contributed by atoms with Crippen LogP contribution in [0.25, 0.3) is 0 Å². The average Bonchev–Trinajstić information content (AvgIpc) is 2.53. The third kappa shape index (κ3) is 3.86. The Morgan fingerprint density at radius 3 is 2.71 bits per heavy atom. The molecule has 0 N–H and O–H groups in total. The van der Waals surface area contributed by atoms with Gasteiger partial charge in [-0.05, 0) is 43.1 Å². The largest absolute Gasteiger partial charge is 0.339 e. The van der Waals surface area contributed by atoms with E-state index in [1.807, 2.05) is 4.90 Å². The summed E-state index contributed by atoms with van der Waals surface area (Å²) in [6.45, 7) is 12.4. The highest BCUT2D eigenvalue weighted by Gasteiger charge is 2.30. The van der Waals surface area contributed by atoms with Crippen LogP contribution in [0.2, 0.25) is 0 Å². The van der Waals surface area contributed by atoms with E-state index in [0.29, 0.717) is 5.41 Å². The Morgan fingerprint density at radius 1 is 1.41 bits per heavy atom. The van der Waals surface area contributed by atoms with Crippen molar-refractivity contribution in [3.05, 3.63) is 12.7 Å². The molecule has 2 heteroatoms. The van der Waals surface area contributed by atoms with Crippen LogP contribution in [0.3, 0.4) is 0 Å². The summed E-state index contributed by atoms with van der Waals surface area (Å²) >= 11 is 0. The summed E-state index contributed by atoms with van der Waals surface area (Å²) in [5, 5.41) is 0. The fraction of sp³-hybridized carbons (Fsp3) is 0.800. The van der Waals surface area contributed by atoms with Gasteiger partial charge >= 0.3 is 0 Å². The molecule has 0 radical (unpaired) electrons. The number of hydrogen-bond donors (Lipinski definition) is 0. The van der Waals surface area contributed by atoms with Gasteiger partial charge in [0.25, 0.3) is 0 Å². The minimum atomic E-state index is 0.0962. The lowest BCUT2D eigenvalue weighted by molar-refractivity contribution is -0.126. The summed E-state index contributed by atoms with van der Waals surface area (Å²) in [5.41, 5.74) is 0.419. The van der Waals surface area contributed by atoms with Crippen LogP contribution in [-0.4, -0.2) is 23.9 Å². The Kier molecular flexibility index (Phi) is 5.23. The molecule has 1 aliphatic rings. The summed E-state index contributed by atoms with van der Waals surface area (Å²) in [6.07, 6.45) is 7.52. The van der Waals surface area contributed by atoms with Crippen LogP contribution in [0.4, 0.5) is 0 Å². The number of likely N-dealkylation sites (tertiary alicyclic amines) is 1. The van der Waals surface area contributed by atoms with E-state index >= 15 is 0 Å². The molecule has 2 nitrogen and oxygen atoms in total. The summed E-state index contributed by atoms with van der Waals surface area (Å²) in [7, 11) is 0. The second-order valence-corrected chi connectivity index (χ2v) is 5.90. The molecule has 1 saturated heterocycles. The topological polar surface area (TPSA) is 20.3 Å². The number of carbonyl (C=O) groups excluding carboxylic acids is 1. The van der Waals surface area contributed by atoms with Gasteiger partial charge in [-0.15, -0.1) is 0 Å². The van der Waals surface area contributed by atoms with Gasteiger partial charge < -0.3 is 4.90 Å². The summed E-state index contributed by atoms with van der Waals surface area (Å²) in [5.74, 6) is 0.851. The van der Waals surface area contributed by atoms with Crippen molar-refractivity contribution in [2.75, 3.05) is 13.1 Å². The molecule has 0 aliphatic carbocycles. The summed E-state index contributed by atoms with van der Waals surface area (Å²) in [6, 6.07) is 0. The minimum Gasteiger partial charge on any atom is -0.339 e. The number of rotatable bonds is 4. The zero-order chi connectivity index (χ0) is 12.9. The van der Waals surface area contributed by atoms with Crippen molar-refractivity contribution in [3.8, 4) is 0 Å². The van der Waals surface area contributed by atoms with Crippen LogP contribution in [0, 0.1) is 11.3 Å². The molecule has 1 rings (SSSR count). The number of carbonyl (C=O) groups is 1. The van der Waals surface area contributed by atoms with Crippen LogP contribution >= 0.6 is 0 Å². The van der Waals surface area contributed by atoms with Gasteiger partial charge in [-0.25, -0.2) is 0 Å². The predicted molar refractivity (Wildman–Crippen MR) is 72.8 cm³/mol. The van der Waals surface area contributed by atoms with E-state index in [2.05, 4.69) is 27.4 Å². The second-order valence-electron chi connectivity index (χ2n) is 5.90. The maximum Gasteiger partial charge on any atom is 0.245 e. The van der Waals surface area contributed by atoms with E-state index in [9.17, 15) is 4.79 Å². The van der Waals surface area contributed by atoms with Gasteiger partial charge in [-0.2, -0.15) is 0 Å². The maximum absolute atomic E-state index is 11.6. The van der Waals surface area contributed by atoms with Crippen molar-refractivity contribution in [2.24, 2.45) is 11.3 Å². The monoisotopic (exact) mass is 237 g/mol. The molecule has 0 spiro atoms. The molecular weight excluding hydrogens is 210 g/mol. The van der Waals surface area contributed by atoms with Crippen molar-refractivity contribution in [3.63, 3.8) is 0 Å². The second kappa shape index (κ2) is 6.23. The normalized spacial score (nSPS) is 22.1. The van der Waals surface area contributed by atoms with Gasteiger partial charge in [0, 0.05) is 13.1 Å². The number of amides is 1. The van der Waals surface area contributed by atoms with E-state index < -0.39 is 0 Å². The van der Waals surface area contributed by atoms with Crippen LogP contribution in [0.15, 0.2) is 12.7 Å². The zero-order valence-electron chi connectivity index (χ0n) is 11.7. The molecule has 1 aliphatic heterocycles. The molecule has 17 heavy (non-hydrogen) atoms. The minimum absolute atomic E-state index is 0.0962. The molecule has 98 valence electrons. The Hall–Kier alpha value is -0.790. The molecule has 0 aromatic carbocycles. The molecule has 1 atom stereocenters. The lowest BCUT2D eigenvalue weighted by Crippen LogP contribution is -2.31. The van der Waals surface area contributed by atoms with Crippen LogP contribution < -0.4 is 0 Å². The van der Waals surface area contributed by atoms with Crippen LogP contribution in [-0.2, 0) is 4.79 Å². The first-order chi connectivity index (χ1) is 8.01. The molecule has 1 heterocycles. The smallest absolute Gasteiger partial charge is 0.245 e. The van der Waals surface area contributed by atoms with Crippen LogP contribution in [0.1, 0.15) is 52.9 Å². The SMILES string of the molecule is C=CC(=O)N1CCCC(C(C)(C)CCC)CC1. The van der Waals surface area contributed by atoms with Crippen LogP contribution in [0.5, 0.6) is 0 Å². The fourth-order valence-electron chi connectivity index (χ4n) is 3.08. The molecule has 0 aromatic rings. The first-order valence-corrected chi connectivity index (χ1v) is 6.92. The molecule has 0 saturated carbocycles. The Labute approximate surface area is 106 Å². The van der Waals surface area contributed by atoms with E-state index in [0.717, 1.165) is 31.8 Å². The van der Waals surface area contributed by atoms with Crippen molar-refractivity contribution in [2.45, 2.75) is 52.9 Å². The van der Waals surface area contributed by atoms with Crippen molar-refractivity contribution in [1.82, 2.24) is 4.90 Å². The molecule has 0 bridgehead atoms. The highest BCUT2D eigenvalue weighted by atomic mass is 16.2. The van der Waals surface area contributed by atoms with Gasteiger partial charge in [0.2, 0.25) is 5.91 Å². The average molecular weight is 237 g/mol. The fourth-order valence-corrected chi connectivity index (χ4v) is 3.08. The third-order valence-electron chi connectivity index (χ3n) is 4.21. The number of nitrogens with zero attached hydrogens (tertiary/aromatic N) is 1.